The van der Waals surface area contributed by atoms with Crippen molar-refractivity contribution in [2.45, 2.75) is 6.61 Å². The Bertz CT molecular complexity index is 677. The Kier molecular flexibility index (Phi) is 5.31. The molecule has 7 heteroatoms. The van der Waals surface area contributed by atoms with Crippen LogP contribution in [0.3, 0.4) is 0 Å². The molecule has 0 radical (unpaired) electrons. The molecule has 0 fully saturated rings. The molecule has 1 amide bonds. The van der Waals surface area contributed by atoms with Crippen molar-refractivity contribution in [1.29, 1.82) is 0 Å². The lowest BCUT2D eigenvalue weighted by Crippen LogP contribution is -2.18. The summed E-state index contributed by atoms with van der Waals surface area (Å²) < 4.78 is 5.56. The minimum atomic E-state index is -0.652. The zero-order chi connectivity index (χ0) is 15.4. The number of hydroxylamine groups is 1. The van der Waals surface area contributed by atoms with E-state index in [0.717, 1.165) is 5.56 Å². The van der Waals surface area contributed by atoms with E-state index in [2.05, 4.69) is 0 Å². The Labute approximate surface area is 136 Å². The van der Waals surface area contributed by atoms with Gasteiger partial charge in [0.2, 0.25) is 0 Å². The third-order valence-electron chi connectivity index (χ3n) is 2.69. The van der Waals surface area contributed by atoms with Gasteiger partial charge in [-0.15, -0.1) is 0 Å². The fourth-order valence-electron chi connectivity index (χ4n) is 1.61. The summed E-state index contributed by atoms with van der Waals surface area (Å²) in [6.07, 6.45) is 0. The lowest BCUT2D eigenvalue weighted by Gasteiger charge is -2.10. The number of carbonyl (C=O) groups excluding carboxylic acids is 1. The van der Waals surface area contributed by atoms with E-state index in [1.54, 1.807) is 23.7 Å². The van der Waals surface area contributed by atoms with E-state index in [0.29, 0.717) is 20.8 Å². The predicted molar refractivity (Wildman–Crippen MR) is 81.5 cm³/mol. The zero-order valence-corrected chi connectivity index (χ0v) is 12.8. The van der Waals surface area contributed by atoms with Crippen LogP contribution in [0.25, 0.3) is 0 Å². The number of benzene rings is 2. The minimum absolute atomic E-state index is 0.167. The molecule has 0 atom stereocenters. The third-order valence-corrected chi connectivity index (χ3v) is 3.59. The molecule has 21 heavy (non-hydrogen) atoms. The summed E-state index contributed by atoms with van der Waals surface area (Å²) in [6, 6.07) is 9.45. The topological polar surface area (TPSA) is 58.6 Å². The number of hydrogen-bond donors (Lipinski definition) is 2. The van der Waals surface area contributed by atoms with Gasteiger partial charge in [-0.2, -0.15) is 0 Å². The van der Waals surface area contributed by atoms with E-state index in [9.17, 15) is 4.79 Å². The van der Waals surface area contributed by atoms with E-state index in [1.807, 2.05) is 0 Å². The maximum absolute atomic E-state index is 11.3. The Morgan fingerprint density at radius 1 is 1.10 bits per heavy atom. The molecular formula is C14H10Cl3NO3. The molecule has 0 aliphatic heterocycles. The minimum Gasteiger partial charge on any atom is -0.487 e. The molecule has 2 N–H and O–H groups in total. The van der Waals surface area contributed by atoms with E-state index < -0.39 is 5.91 Å². The van der Waals surface area contributed by atoms with Crippen LogP contribution >= 0.6 is 34.8 Å². The van der Waals surface area contributed by atoms with Crippen LogP contribution in [0.15, 0.2) is 36.4 Å². The van der Waals surface area contributed by atoms with E-state index in [-0.39, 0.29) is 12.2 Å². The van der Waals surface area contributed by atoms with Gasteiger partial charge in [0.25, 0.3) is 5.91 Å². The van der Waals surface area contributed by atoms with Crippen LogP contribution in [0.4, 0.5) is 0 Å². The molecule has 2 aromatic carbocycles. The van der Waals surface area contributed by atoms with Crippen LogP contribution < -0.4 is 10.2 Å². The van der Waals surface area contributed by atoms with Gasteiger partial charge in [0.15, 0.2) is 0 Å². The van der Waals surface area contributed by atoms with Crippen molar-refractivity contribution in [2.24, 2.45) is 0 Å². The van der Waals surface area contributed by atoms with Gasteiger partial charge in [0.05, 0.1) is 5.02 Å². The quantitative estimate of drug-likeness (QED) is 0.639. The highest BCUT2D eigenvalue weighted by Gasteiger charge is 2.10. The molecule has 4 nitrogen and oxygen atoms in total. The van der Waals surface area contributed by atoms with E-state index >= 15 is 0 Å². The fraction of sp³-hybridized carbons (Fsp3) is 0.0714. The highest BCUT2D eigenvalue weighted by atomic mass is 35.5. The molecule has 2 aromatic rings. The van der Waals surface area contributed by atoms with Crippen LogP contribution in [0.1, 0.15) is 15.9 Å². The molecule has 0 aliphatic carbocycles. The predicted octanol–water partition coefficient (Wildman–Crippen LogP) is 4.34. The van der Waals surface area contributed by atoms with Gasteiger partial charge in [-0.1, -0.05) is 40.9 Å². The third kappa shape index (κ3) is 4.02. The number of rotatable bonds is 4. The van der Waals surface area contributed by atoms with Crippen LogP contribution in [-0.4, -0.2) is 11.1 Å². The van der Waals surface area contributed by atoms with E-state index in [1.165, 1.54) is 18.2 Å². The molecular weight excluding hydrogens is 337 g/mol. The monoisotopic (exact) mass is 345 g/mol. The first-order chi connectivity index (χ1) is 10.0. The summed E-state index contributed by atoms with van der Waals surface area (Å²) in [6.45, 7) is 0.167. The average Bonchev–Trinajstić information content (AvgIpc) is 2.47. The van der Waals surface area contributed by atoms with Crippen LogP contribution in [-0.2, 0) is 6.61 Å². The van der Waals surface area contributed by atoms with Crippen molar-refractivity contribution in [3.8, 4) is 5.75 Å². The van der Waals surface area contributed by atoms with Crippen molar-refractivity contribution in [1.82, 2.24) is 5.48 Å². The number of halogens is 3. The Hall–Kier alpha value is -1.46. The fourth-order valence-corrected chi connectivity index (χ4v) is 2.25. The molecule has 2 rings (SSSR count). The second-order valence-electron chi connectivity index (χ2n) is 4.11. The van der Waals surface area contributed by atoms with Crippen LogP contribution in [0, 0.1) is 0 Å². The summed E-state index contributed by atoms with van der Waals surface area (Å²) in [4.78, 5) is 11.3. The maximum Gasteiger partial charge on any atom is 0.274 e. The van der Waals surface area contributed by atoms with Crippen LogP contribution in [0.5, 0.6) is 5.75 Å². The molecule has 0 spiro atoms. The van der Waals surface area contributed by atoms with Gasteiger partial charge in [-0.3, -0.25) is 10.0 Å². The van der Waals surface area contributed by atoms with Crippen molar-refractivity contribution in [2.75, 3.05) is 0 Å². The Morgan fingerprint density at radius 2 is 1.86 bits per heavy atom. The highest BCUT2D eigenvalue weighted by Crippen LogP contribution is 2.28. The van der Waals surface area contributed by atoms with Gasteiger partial charge in [0.1, 0.15) is 12.4 Å². The Morgan fingerprint density at radius 3 is 2.52 bits per heavy atom. The van der Waals surface area contributed by atoms with Gasteiger partial charge < -0.3 is 4.74 Å². The average molecular weight is 347 g/mol. The smallest absolute Gasteiger partial charge is 0.274 e. The summed E-state index contributed by atoms with van der Waals surface area (Å²) in [5.74, 6) is -0.343. The van der Waals surface area contributed by atoms with Crippen LogP contribution in [0.2, 0.25) is 15.1 Å². The molecule has 0 bridgehead atoms. The highest BCUT2D eigenvalue weighted by molar-refractivity contribution is 6.35. The normalized spacial score (nSPS) is 10.3. The Balaban J connectivity index is 2.17. The van der Waals surface area contributed by atoms with E-state index in [4.69, 9.17) is 44.7 Å². The van der Waals surface area contributed by atoms with Gasteiger partial charge in [0, 0.05) is 21.2 Å². The van der Waals surface area contributed by atoms with Crippen molar-refractivity contribution >= 4 is 40.7 Å². The molecule has 0 saturated carbocycles. The number of carbonyl (C=O) groups is 1. The molecule has 110 valence electrons. The van der Waals surface area contributed by atoms with Gasteiger partial charge in [-0.05, 0) is 30.3 Å². The molecule has 0 saturated heterocycles. The second-order valence-corrected chi connectivity index (χ2v) is 5.36. The summed E-state index contributed by atoms with van der Waals surface area (Å²) >= 11 is 17.9. The van der Waals surface area contributed by atoms with Crippen molar-refractivity contribution in [3.05, 3.63) is 62.6 Å². The maximum atomic E-state index is 11.3. The van der Waals surface area contributed by atoms with Gasteiger partial charge >= 0.3 is 0 Å². The lowest BCUT2D eigenvalue weighted by molar-refractivity contribution is 0.0706. The molecule has 0 unspecified atom stereocenters. The molecule has 0 aliphatic rings. The largest absolute Gasteiger partial charge is 0.487 e. The SMILES string of the molecule is O=C(NO)c1ccc(Cl)c(OCc2ccc(Cl)cc2Cl)c1. The first kappa shape index (κ1) is 15.9. The molecule has 0 heterocycles. The number of amides is 1. The molecule has 0 aromatic heterocycles. The lowest BCUT2D eigenvalue weighted by atomic mass is 10.2. The first-order valence-electron chi connectivity index (χ1n) is 5.82. The van der Waals surface area contributed by atoms with Crippen molar-refractivity contribution < 1.29 is 14.7 Å². The summed E-state index contributed by atoms with van der Waals surface area (Å²) in [5.41, 5.74) is 2.50. The summed E-state index contributed by atoms with van der Waals surface area (Å²) in [7, 11) is 0. The number of ether oxygens (including phenoxy) is 1. The number of nitrogens with one attached hydrogen (secondary N) is 1. The van der Waals surface area contributed by atoms with Crippen molar-refractivity contribution in [3.63, 3.8) is 0 Å². The second kappa shape index (κ2) is 7.00. The number of hydrogen-bond acceptors (Lipinski definition) is 3. The first-order valence-corrected chi connectivity index (χ1v) is 6.95. The zero-order valence-electron chi connectivity index (χ0n) is 10.6. The summed E-state index contributed by atoms with van der Waals surface area (Å²) in [5, 5.41) is 9.96. The van der Waals surface area contributed by atoms with Gasteiger partial charge in [-0.25, -0.2) is 5.48 Å². The standard InChI is InChI=1S/C14H10Cl3NO3/c15-10-3-1-9(12(17)6-10)7-21-13-5-8(14(19)18-20)2-4-11(13)16/h1-6,20H,7H2,(H,18,19).